The van der Waals surface area contributed by atoms with Crippen molar-refractivity contribution >= 4 is 11.9 Å². The van der Waals surface area contributed by atoms with Crippen molar-refractivity contribution in [3.63, 3.8) is 0 Å². The molecule has 0 fully saturated rings. The van der Waals surface area contributed by atoms with Crippen LogP contribution in [0.5, 0.6) is 11.5 Å². The Labute approximate surface area is 213 Å². The minimum absolute atomic E-state index is 0.0160. The van der Waals surface area contributed by atoms with Crippen molar-refractivity contribution in [2.75, 3.05) is 26.4 Å². The van der Waals surface area contributed by atoms with Gasteiger partial charge in [0, 0.05) is 19.5 Å². The van der Waals surface area contributed by atoms with Gasteiger partial charge in [-0.05, 0) is 43.7 Å². The maximum atomic E-state index is 10.6. The van der Waals surface area contributed by atoms with Gasteiger partial charge in [0.15, 0.2) is 0 Å². The molecule has 0 amide bonds. The van der Waals surface area contributed by atoms with Crippen molar-refractivity contribution in [3.8, 4) is 11.5 Å². The second-order valence-corrected chi connectivity index (χ2v) is 8.54. The van der Waals surface area contributed by atoms with Crippen LogP contribution in [0.15, 0.2) is 48.5 Å². The Bertz CT molecular complexity index is 899. The fourth-order valence-electron chi connectivity index (χ4n) is 2.72. The first-order valence-electron chi connectivity index (χ1n) is 11.9. The van der Waals surface area contributed by atoms with Crippen LogP contribution >= 0.6 is 0 Å². The van der Waals surface area contributed by atoms with E-state index in [4.69, 9.17) is 19.3 Å². The standard InChI is InChI=1S/C18H31NO4.C9H8O4/c1-14(2)19-11-17(20)13-23-18-7-5-16(6-8-18)12-21-9-10-22-15(3)4;1-6(10)13-8-5-3-2-4-7(8)9(11)12/h5-8,14-15,17,19-20H,9-13H2,1-4H3;2-5H,1H3,(H,11,12)/t17-;/m0./s1. The maximum absolute atomic E-state index is 10.6. The molecule has 0 aliphatic heterocycles. The molecule has 9 heteroatoms. The van der Waals surface area contributed by atoms with Gasteiger partial charge in [0.05, 0.1) is 25.9 Å². The summed E-state index contributed by atoms with van der Waals surface area (Å²) in [5.41, 5.74) is 1.07. The number of carbonyl (C=O) groups excluding carboxylic acids is 1. The van der Waals surface area contributed by atoms with Gasteiger partial charge in [0.25, 0.3) is 0 Å². The predicted octanol–water partition coefficient (Wildman–Crippen LogP) is 3.68. The number of esters is 1. The largest absolute Gasteiger partial charge is 0.491 e. The number of aromatic carboxylic acids is 1. The summed E-state index contributed by atoms with van der Waals surface area (Å²) >= 11 is 0. The molecule has 0 aliphatic rings. The highest BCUT2D eigenvalue weighted by Crippen LogP contribution is 2.17. The van der Waals surface area contributed by atoms with Crippen molar-refractivity contribution in [3.05, 3.63) is 59.7 Å². The van der Waals surface area contributed by atoms with Crippen LogP contribution in [0.3, 0.4) is 0 Å². The van der Waals surface area contributed by atoms with Gasteiger partial charge in [-0.1, -0.05) is 38.1 Å². The van der Waals surface area contributed by atoms with Crippen molar-refractivity contribution in [1.29, 1.82) is 0 Å². The second-order valence-electron chi connectivity index (χ2n) is 8.54. The van der Waals surface area contributed by atoms with Crippen LogP contribution in [-0.4, -0.2) is 66.8 Å². The van der Waals surface area contributed by atoms with Gasteiger partial charge in [-0.2, -0.15) is 0 Å². The number of nitrogens with one attached hydrogen (secondary N) is 1. The number of hydrogen-bond acceptors (Lipinski definition) is 8. The van der Waals surface area contributed by atoms with E-state index in [-0.39, 0.29) is 24.0 Å². The second kappa shape index (κ2) is 17.4. The summed E-state index contributed by atoms with van der Waals surface area (Å²) < 4.78 is 21.2. The van der Waals surface area contributed by atoms with E-state index in [0.29, 0.717) is 32.4 Å². The van der Waals surface area contributed by atoms with Crippen molar-refractivity contribution in [1.82, 2.24) is 5.32 Å². The number of carbonyl (C=O) groups is 2. The molecule has 2 aromatic carbocycles. The highest BCUT2D eigenvalue weighted by atomic mass is 16.5. The lowest BCUT2D eigenvalue weighted by Crippen LogP contribution is -2.35. The molecule has 0 aliphatic carbocycles. The molecule has 0 heterocycles. The van der Waals surface area contributed by atoms with E-state index < -0.39 is 18.0 Å². The minimum atomic E-state index is -1.11. The van der Waals surface area contributed by atoms with Crippen molar-refractivity contribution in [2.24, 2.45) is 0 Å². The highest BCUT2D eigenvalue weighted by Gasteiger charge is 2.11. The van der Waals surface area contributed by atoms with E-state index in [1.807, 2.05) is 52.0 Å². The number of aliphatic hydroxyl groups is 1. The number of carboxylic acids is 1. The molecule has 3 N–H and O–H groups in total. The van der Waals surface area contributed by atoms with Crippen LogP contribution in [0.25, 0.3) is 0 Å². The zero-order valence-electron chi connectivity index (χ0n) is 21.7. The van der Waals surface area contributed by atoms with E-state index in [0.717, 1.165) is 11.3 Å². The Kier molecular flexibility index (Phi) is 15.1. The van der Waals surface area contributed by atoms with Gasteiger partial charge in [-0.15, -0.1) is 0 Å². The zero-order chi connectivity index (χ0) is 26.9. The summed E-state index contributed by atoms with van der Waals surface area (Å²) in [5.74, 6) is -0.825. The van der Waals surface area contributed by atoms with Crippen LogP contribution < -0.4 is 14.8 Å². The molecule has 0 saturated carbocycles. The third-order valence-corrected chi connectivity index (χ3v) is 4.45. The Morgan fingerprint density at radius 3 is 2.22 bits per heavy atom. The fourth-order valence-corrected chi connectivity index (χ4v) is 2.72. The number of hydrogen-bond donors (Lipinski definition) is 3. The fraction of sp³-hybridized carbons (Fsp3) is 0.481. The molecule has 0 bridgehead atoms. The van der Waals surface area contributed by atoms with Gasteiger partial charge in [-0.25, -0.2) is 4.79 Å². The topological polar surface area (TPSA) is 124 Å². The molecule has 9 nitrogen and oxygen atoms in total. The maximum Gasteiger partial charge on any atom is 0.339 e. The lowest BCUT2D eigenvalue weighted by molar-refractivity contribution is -0.131. The molecular weight excluding hydrogens is 466 g/mol. The summed E-state index contributed by atoms with van der Waals surface area (Å²) in [6.07, 6.45) is -0.275. The Morgan fingerprint density at radius 2 is 1.64 bits per heavy atom. The van der Waals surface area contributed by atoms with Gasteiger partial charge in [0.1, 0.15) is 29.8 Å². The van der Waals surface area contributed by atoms with Crippen LogP contribution in [0.1, 0.15) is 50.5 Å². The predicted molar refractivity (Wildman–Crippen MR) is 137 cm³/mol. The summed E-state index contributed by atoms with van der Waals surface area (Å²) in [4.78, 5) is 21.2. The van der Waals surface area contributed by atoms with E-state index in [1.165, 1.54) is 19.1 Å². The molecular formula is C27H39NO8. The van der Waals surface area contributed by atoms with Gasteiger partial charge in [0.2, 0.25) is 0 Å². The van der Waals surface area contributed by atoms with Crippen LogP contribution in [-0.2, 0) is 20.9 Å². The normalized spacial score (nSPS) is 11.6. The minimum Gasteiger partial charge on any atom is -0.491 e. The van der Waals surface area contributed by atoms with Gasteiger partial charge < -0.3 is 34.5 Å². The molecule has 2 aromatic rings. The Hall–Kier alpha value is -2.98. The molecule has 0 aromatic heterocycles. The molecule has 0 spiro atoms. The summed E-state index contributed by atoms with van der Waals surface area (Å²) in [5, 5.41) is 21.7. The molecule has 200 valence electrons. The molecule has 36 heavy (non-hydrogen) atoms. The number of ether oxygens (including phenoxy) is 4. The summed E-state index contributed by atoms with van der Waals surface area (Å²) in [7, 11) is 0. The van der Waals surface area contributed by atoms with Crippen LogP contribution in [0.4, 0.5) is 0 Å². The number of para-hydroxylation sites is 1. The zero-order valence-corrected chi connectivity index (χ0v) is 21.7. The molecule has 0 radical (unpaired) electrons. The number of rotatable bonds is 14. The molecule has 0 saturated heterocycles. The quantitative estimate of drug-likeness (QED) is 0.200. The average Bonchev–Trinajstić information content (AvgIpc) is 2.82. The van der Waals surface area contributed by atoms with E-state index in [1.54, 1.807) is 12.1 Å². The average molecular weight is 506 g/mol. The Morgan fingerprint density at radius 1 is 0.972 bits per heavy atom. The lowest BCUT2D eigenvalue weighted by Gasteiger charge is -2.15. The number of benzene rings is 2. The third-order valence-electron chi connectivity index (χ3n) is 4.45. The summed E-state index contributed by atoms with van der Waals surface area (Å²) in [6, 6.07) is 14.1. The number of carboxylic acid groups (broad SMARTS) is 1. The monoisotopic (exact) mass is 505 g/mol. The van der Waals surface area contributed by atoms with E-state index in [2.05, 4.69) is 10.1 Å². The van der Waals surface area contributed by atoms with E-state index >= 15 is 0 Å². The van der Waals surface area contributed by atoms with Crippen molar-refractivity contribution < 1.29 is 38.7 Å². The third kappa shape index (κ3) is 14.4. The highest BCUT2D eigenvalue weighted by molar-refractivity contribution is 5.91. The summed E-state index contributed by atoms with van der Waals surface area (Å²) in [6.45, 7) is 11.9. The molecule has 0 unspecified atom stereocenters. The SMILES string of the molecule is CC(=O)Oc1ccccc1C(=O)O.CC(C)NC[C@H](O)COc1ccc(COCCOC(C)C)cc1. The first-order valence-corrected chi connectivity index (χ1v) is 11.9. The van der Waals surface area contributed by atoms with Crippen molar-refractivity contribution in [2.45, 2.75) is 59.5 Å². The first kappa shape index (κ1) is 31.1. The van der Waals surface area contributed by atoms with Gasteiger partial charge >= 0.3 is 11.9 Å². The number of aliphatic hydroxyl groups excluding tert-OH is 1. The molecule has 2 rings (SSSR count). The smallest absolute Gasteiger partial charge is 0.339 e. The lowest BCUT2D eigenvalue weighted by atomic mass is 10.2. The Balaban J connectivity index is 0.000000420. The first-order chi connectivity index (χ1) is 17.1. The van der Waals surface area contributed by atoms with Gasteiger partial charge in [-0.3, -0.25) is 4.79 Å². The molecule has 1 atom stereocenters. The van der Waals surface area contributed by atoms with Crippen LogP contribution in [0.2, 0.25) is 0 Å². The van der Waals surface area contributed by atoms with Crippen LogP contribution in [0, 0.1) is 0 Å². The van der Waals surface area contributed by atoms with E-state index in [9.17, 15) is 14.7 Å².